The number of hydrogen-bond donors (Lipinski definition) is 1. The Morgan fingerprint density at radius 1 is 1.52 bits per heavy atom. The van der Waals surface area contributed by atoms with Crippen LogP contribution in [0.3, 0.4) is 0 Å². The van der Waals surface area contributed by atoms with Crippen molar-refractivity contribution in [3.05, 3.63) is 22.5 Å². The molecule has 0 radical (unpaired) electrons. The number of nitrogens with one attached hydrogen (secondary N) is 1. The third kappa shape index (κ3) is 2.48. The van der Waals surface area contributed by atoms with Crippen LogP contribution in [0.25, 0.3) is 0 Å². The largest absolute Gasteiger partial charge is 0.372 e. The van der Waals surface area contributed by atoms with Crippen molar-refractivity contribution in [2.75, 3.05) is 0 Å². The first-order valence-corrected chi connectivity index (χ1v) is 7.74. The van der Waals surface area contributed by atoms with Crippen LogP contribution < -0.4 is 5.48 Å². The van der Waals surface area contributed by atoms with Gasteiger partial charge >= 0.3 is 5.25 Å². The minimum atomic E-state index is -3.62. The fourth-order valence-corrected chi connectivity index (χ4v) is 3.37. The van der Waals surface area contributed by atoms with Crippen molar-refractivity contribution >= 4 is 10.8 Å². The maximum atomic E-state index is 14.6. The Morgan fingerprint density at radius 2 is 2.19 bits per heavy atom. The summed E-state index contributed by atoms with van der Waals surface area (Å²) in [5.41, 5.74) is 1.41. The van der Waals surface area contributed by atoms with Crippen LogP contribution in [0.4, 0.5) is 8.78 Å². The molecule has 0 saturated heterocycles. The van der Waals surface area contributed by atoms with Crippen LogP contribution in [0, 0.1) is 0 Å². The molecule has 1 N–H and O–H groups in total. The second-order valence-electron chi connectivity index (χ2n) is 5.82. The first-order chi connectivity index (χ1) is 9.72. The van der Waals surface area contributed by atoms with Crippen LogP contribution >= 0.6 is 0 Å². The van der Waals surface area contributed by atoms with Crippen LogP contribution in [0.2, 0.25) is 0 Å². The minimum absolute atomic E-state index is 0.0288. The van der Waals surface area contributed by atoms with E-state index in [1.807, 2.05) is 0 Å². The molecule has 0 aromatic carbocycles. The van der Waals surface area contributed by atoms with Crippen LogP contribution in [0.5, 0.6) is 0 Å². The maximum Gasteiger partial charge on any atom is 0.372 e. The number of halogens is 2. The Labute approximate surface area is 122 Å². The monoisotopic (exact) mass is 318 g/mol. The molecule has 6 nitrogen and oxygen atoms in total. The summed E-state index contributed by atoms with van der Waals surface area (Å²) in [5.74, 6) is 0.0288. The summed E-state index contributed by atoms with van der Waals surface area (Å²) in [6.45, 7) is 3.36. The lowest BCUT2D eigenvalue weighted by molar-refractivity contribution is -0.0133. The van der Waals surface area contributed by atoms with E-state index in [0.29, 0.717) is 5.69 Å². The predicted octanol–water partition coefficient (Wildman–Crippen LogP) is 1.65. The van der Waals surface area contributed by atoms with E-state index in [-0.39, 0.29) is 10.9 Å². The highest BCUT2D eigenvalue weighted by atomic mass is 32.2. The Kier molecular flexibility index (Phi) is 3.17. The van der Waals surface area contributed by atoms with Gasteiger partial charge in [-0.1, -0.05) is 5.21 Å². The fourth-order valence-electron chi connectivity index (χ4n) is 2.26. The Balaban J connectivity index is 1.95. The average Bonchev–Trinajstić information content (AvgIpc) is 3.06. The summed E-state index contributed by atoms with van der Waals surface area (Å²) in [6, 6.07) is 0. The zero-order chi connectivity index (χ0) is 15.4. The molecule has 1 aliphatic heterocycles. The fraction of sp³-hybridized carbons (Fsp3) is 0.667. The molecule has 0 bridgehead atoms. The minimum Gasteiger partial charge on any atom is -0.265 e. The van der Waals surface area contributed by atoms with Gasteiger partial charge in [0, 0.05) is 13.0 Å². The summed E-state index contributed by atoms with van der Waals surface area (Å²) in [5, 5.41) is 3.46. The molecule has 1 unspecified atom stereocenters. The van der Waals surface area contributed by atoms with Crippen molar-refractivity contribution < 1.29 is 17.8 Å². The van der Waals surface area contributed by atoms with E-state index in [1.165, 1.54) is 10.8 Å². The molecule has 2 aliphatic rings. The maximum absolute atomic E-state index is 14.6. The molecule has 1 aromatic heterocycles. The van der Waals surface area contributed by atoms with E-state index in [9.17, 15) is 13.0 Å². The number of alkyl halides is 2. The summed E-state index contributed by atoms with van der Waals surface area (Å²) < 4.78 is 42.7. The molecule has 1 fully saturated rings. The van der Waals surface area contributed by atoms with E-state index < -0.39 is 27.3 Å². The van der Waals surface area contributed by atoms with Gasteiger partial charge in [-0.2, -0.15) is 8.78 Å². The first-order valence-electron chi connectivity index (χ1n) is 6.59. The van der Waals surface area contributed by atoms with Gasteiger partial charge in [-0.3, -0.25) is 15.0 Å². The summed E-state index contributed by atoms with van der Waals surface area (Å²) >= 11 is 0. The molecule has 1 atom stereocenters. The van der Waals surface area contributed by atoms with Gasteiger partial charge < -0.3 is 0 Å². The molecular weight excluding hydrogens is 302 g/mol. The molecule has 3 rings (SSSR count). The zero-order valence-corrected chi connectivity index (χ0v) is 12.7. The topological polar surface area (TPSA) is 69.0 Å². The highest BCUT2D eigenvalue weighted by Gasteiger charge is 2.50. The van der Waals surface area contributed by atoms with Crippen LogP contribution in [-0.2, 0) is 27.9 Å². The molecule has 116 valence electrons. The predicted molar refractivity (Wildman–Crippen MR) is 71.4 cm³/mol. The molecule has 1 aromatic rings. The van der Waals surface area contributed by atoms with Gasteiger partial charge in [0.25, 0.3) is 0 Å². The van der Waals surface area contributed by atoms with Crippen LogP contribution in [0.1, 0.15) is 44.0 Å². The number of aromatic nitrogens is 3. The van der Waals surface area contributed by atoms with Gasteiger partial charge in [0.1, 0.15) is 21.4 Å². The second kappa shape index (κ2) is 4.57. The first kappa shape index (κ1) is 14.6. The van der Waals surface area contributed by atoms with Crippen molar-refractivity contribution in [3.63, 3.8) is 0 Å². The molecule has 0 spiro atoms. The molecule has 21 heavy (non-hydrogen) atoms. The lowest BCUT2D eigenvalue weighted by atomic mass is 10.1. The normalized spacial score (nSPS) is 22.8. The van der Waals surface area contributed by atoms with Crippen molar-refractivity contribution in [2.24, 2.45) is 7.05 Å². The van der Waals surface area contributed by atoms with Gasteiger partial charge in [-0.25, -0.2) is 4.21 Å². The third-order valence-corrected chi connectivity index (χ3v) is 4.70. The smallest absolute Gasteiger partial charge is 0.265 e. The van der Waals surface area contributed by atoms with Gasteiger partial charge in [0.2, 0.25) is 0 Å². The average molecular weight is 318 g/mol. The van der Waals surface area contributed by atoms with E-state index >= 15 is 0 Å². The number of hydrogen-bond acceptors (Lipinski definition) is 5. The van der Waals surface area contributed by atoms with E-state index in [1.54, 1.807) is 20.9 Å². The Bertz CT molecular complexity index is 637. The zero-order valence-electron chi connectivity index (χ0n) is 11.9. The summed E-state index contributed by atoms with van der Waals surface area (Å²) in [4.78, 5) is 5.09. The van der Waals surface area contributed by atoms with Gasteiger partial charge in [0.15, 0.2) is 5.69 Å². The van der Waals surface area contributed by atoms with Gasteiger partial charge in [0.05, 0.1) is 5.69 Å². The highest BCUT2D eigenvalue weighted by Crippen LogP contribution is 2.46. The number of aryl methyl sites for hydroxylation is 1. The molecule has 2 heterocycles. The van der Waals surface area contributed by atoms with Gasteiger partial charge in [-0.05, 0) is 32.8 Å². The van der Waals surface area contributed by atoms with E-state index in [0.717, 1.165) is 12.8 Å². The van der Waals surface area contributed by atoms with E-state index in [4.69, 9.17) is 4.84 Å². The van der Waals surface area contributed by atoms with Crippen LogP contribution in [0.15, 0.2) is 11.1 Å². The summed E-state index contributed by atoms with van der Waals surface area (Å²) in [6.07, 6.45) is 3.05. The summed E-state index contributed by atoms with van der Waals surface area (Å²) in [7, 11) is -1.04. The molecule has 0 amide bonds. The number of nitrogens with zero attached hydrogens (tertiary/aromatic N) is 3. The molecule has 1 saturated carbocycles. The number of hydroxylamine groups is 1. The molecular formula is C12H16F2N4O2S. The van der Waals surface area contributed by atoms with Crippen molar-refractivity contribution in [1.29, 1.82) is 0 Å². The standard InChI is InChI=1S/C12H16F2N4O2S/c1-11(2)6-8(16-20-11)21(19)12(13,14)10-9(7-4-5-7)18(3)17-15-10/h6-7,16H,4-5H2,1-3H3. The lowest BCUT2D eigenvalue weighted by Gasteiger charge is -2.15. The van der Waals surface area contributed by atoms with Crippen molar-refractivity contribution in [2.45, 2.75) is 43.5 Å². The molecule has 1 aliphatic carbocycles. The van der Waals surface area contributed by atoms with Crippen molar-refractivity contribution in [3.8, 4) is 0 Å². The third-order valence-electron chi connectivity index (χ3n) is 3.44. The number of rotatable bonds is 4. The Morgan fingerprint density at radius 3 is 2.71 bits per heavy atom. The van der Waals surface area contributed by atoms with Crippen molar-refractivity contribution in [1.82, 2.24) is 20.5 Å². The van der Waals surface area contributed by atoms with Gasteiger partial charge in [-0.15, -0.1) is 5.10 Å². The lowest BCUT2D eigenvalue weighted by Crippen LogP contribution is -2.28. The van der Waals surface area contributed by atoms with Crippen LogP contribution in [-0.4, -0.2) is 24.8 Å². The second-order valence-corrected chi connectivity index (χ2v) is 7.31. The Hall–Kier alpha value is -1.35. The quantitative estimate of drug-likeness (QED) is 0.914. The highest BCUT2D eigenvalue weighted by molar-refractivity contribution is 7.89. The molecule has 9 heteroatoms. The SMILES string of the molecule is Cn1nnc(C(F)(F)S(=O)C2=CC(C)(C)ON2)c1C1CC1. The van der Waals surface area contributed by atoms with E-state index in [2.05, 4.69) is 15.8 Å².